The van der Waals surface area contributed by atoms with Gasteiger partial charge in [-0.1, -0.05) is 12.1 Å². The molecule has 6 heteroatoms. The molecule has 1 N–H and O–H groups in total. The number of carbonyl (C=O) groups is 2. The van der Waals surface area contributed by atoms with Crippen LogP contribution in [-0.2, 0) is 20.7 Å². The lowest BCUT2D eigenvalue weighted by molar-refractivity contribution is -0.152. The van der Waals surface area contributed by atoms with Gasteiger partial charge in [-0.25, -0.2) is 4.79 Å². The maximum atomic E-state index is 12.7. The van der Waals surface area contributed by atoms with E-state index in [-0.39, 0.29) is 18.1 Å². The van der Waals surface area contributed by atoms with E-state index in [1.807, 2.05) is 27.7 Å². The molecule has 2 aliphatic heterocycles. The summed E-state index contributed by atoms with van der Waals surface area (Å²) < 4.78 is 10.8. The second-order valence-electron chi connectivity index (χ2n) is 9.24. The van der Waals surface area contributed by atoms with E-state index in [0.29, 0.717) is 19.6 Å². The molecular weight excluding hydrogens is 368 g/mol. The molecule has 1 amide bonds. The van der Waals surface area contributed by atoms with Crippen molar-refractivity contribution in [2.75, 3.05) is 19.7 Å². The van der Waals surface area contributed by atoms with Crippen molar-refractivity contribution in [2.45, 2.75) is 72.1 Å². The number of benzene rings is 1. The average Bonchev–Trinajstić information content (AvgIpc) is 2.61. The van der Waals surface area contributed by atoms with E-state index in [9.17, 15) is 9.59 Å². The molecule has 1 fully saturated rings. The fourth-order valence-corrected chi connectivity index (χ4v) is 4.43. The van der Waals surface area contributed by atoms with Crippen molar-refractivity contribution in [3.63, 3.8) is 0 Å². The van der Waals surface area contributed by atoms with Crippen molar-refractivity contribution in [2.24, 2.45) is 5.92 Å². The Morgan fingerprint density at radius 1 is 1.21 bits per heavy atom. The van der Waals surface area contributed by atoms with Gasteiger partial charge in [0.15, 0.2) is 0 Å². The van der Waals surface area contributed by atoms with Gasteiger partial charge in [0, 0.05) is 25.2 Å². The molecule has 0 radical (unpaired) electrons. The highest BCUT2D eigenvalue weighted by Gasteiger charge is 2.43. The molecule has 3 atom stereocenters. The van der Waals surface area contributed by atoms with Crippen molar-refractivity contribution in [3.05, 3.63) is 34.4 Å². The third-order valence-corrected chi connectivity index (χ3v) is 5.91. The largest absolute Gasteiger partial charge is 0.466 e. The normalized spacial score (nSPS) is 24.3. The van der Waals surface area contributed by atoms with E-state index < -0.39 is 17.6 Å². The maximum absolute atomic E-state index is 12.7. The van der Waals surface area contributed by atoms with E-state index in [4.69, 9.17) is 9.47 Å². The number of amides is 1. The minimum atomic E-state index is -0.587. The molecule has 1 aromatic carbocycles. The van der Waals surface area contributed by atoms with Crippen LogP contribution in [-0.4, -0.2) is 48.3 Å². The van der Waals surface area contributed by atoms with Crippen LogP contribution in [0.3, 0.4) is 0 Å². The molecule has 29 heavy (non-hydrogen) atoms. The summed E-state index contributed by atoms with van der Waals surface area (Å²) in [6, 6.07) is 4.42. The Hall–Kier alpha value is -2.08. The van der Waals surface area contributed by atoms with Crippen LogP contribution in [0.5, 0.6) is 0 Å². The number of piperidine rings is 1. The predicted octanol–water partition coefficient (Wildman–Crippen LogP) is 3.68. The number of fused-ring (bicyclic) bond motifs is 3. The molecule has 0 saturated carbocycles. The summed E-state index contributed by atoms with van der Waals surface area (Å²) in [5.74, 6) is -0.648. The van der Waals surface area contributed by atoms with Gasteiger partial charge in [0.2, 0.25) is 0 Å². The monoisotopic (exact) mass is 402 g/mol. The van der Waals surface area contributed by atoms with E-state index >= 15 is 0 Å². The number of alkyl carbamates (subject to hydrolysis) is 1. The molecule has 0 bridgehead atoms. The SMILES string of the molecule is CCOC(=O)[C@H]1CN2CCc3cc(C)c(C)cc3[C@@H]2C[C@@H]1NC(=O)OC(C)(C)C. The number of aryl methyl sites for hydroxylation is 2. The highest BCUT2D eigenvalue weighted by atomic mass is 16.6. The van der Waals surface area contributed by atoms with Crippen LogP contribution in [0.1, 0.15) is 62.4 Å². The summed E-state index contributed by atoms with van der Waals surface area (Å²) in [5, 5.41) is 2.97. The number of carbonyl (C=O) groups excluding carboxylic acids is 2. The highest BCUT2D eigenvalue weighted by molar-refractivity contribution is 5.76. The summed E-state index contributed by atoms with van der Waals surface area (Å²) in [6.45, 7) is 13.4. The van der Waals surface area contributed by atoms with E-state index in [1.165, 1.54) is 22.3 Å². The lowest BCUT2D eigenvalue weighted by Gasteiger charge is -2.46. The van der Waals surface area contributed by atoms with Gasteiger partial charge in [-0.3, -0.25) is 9.69 Å². The zero-order valence-electron chi connectivity index (χ0n) is 18.5. The quantitative estimate of drug-likeness (QED) is 0.781. The first-order chi connectivity index (χ1) is 13.6. The van der Waals surface area contributed by atoms with Gasteiger partial charge in [0.25, 0.3) is 0 Å². The first-order valence-corrected chi connectivity index (χ1v) is 10.6. The summed E-state index contributed by atoms with van der Waals surface area (Å²) in [6.07, 6.45) is 1.16. The molecule has 2 heterocycles. The number of hydrogen-bond acceptors (Lipinski definition) is 5. The predicted molar refractivity (Wildman–Crippen MR) is 112 cm³/mol. The molecular formula is C23H34N2O4. The van der Waals surface area contributed by atoms with Gasteiger partial charge in [0.1, 0.15) is 5.60 Å². The number of nitrogens with zero attached hydrogens (tertiary/aromatic N) is 1. The van der Waals surface area contributed by atoms with E-state index in [2.05, 4.69) is 36.2 Å². The van der Waals surface area contributed by atoms with Crippen LogP contribution < -0.4 is 5.32 Å². The van der Waals surface area contributed by atoms with Crippen molar-refractivity contribution >= 4 is 12.1 Å². The number of nitrogens with one attached hydrogen (secondary N) is 1. The Balaban J connectivity index is 1.86. The van der Waals surface area contributed by atoms with Crippen LogP contribution >= 0.6 is 0 Å². The van der Waals surface area contributed by atoms with Gasteiger partial charge in [-0.05, 0) is 76.6 Å². The molecule has 6 nitrogen and oxygen atoms in total. The molecule has 0 unspecified atom stereocenters. The Bertz CT molecular complexity index is 784. The van der Waals surface area contributed by atoms with Crippen LogP contribution in [0.25, 0.3) is 0 Å². The minimum Gasteiger partial charge on any atom is -0.466 e. The molecule has 3 rings (SSSR count). The summed E-state index contributed by atoms with van der Waals surface area (Å²) in [4.78, 5) is 27.5. The standard InChI is InChI=1S/C23H34N2O4/c1-7-28-21(26)18-13-25-9-8-16-10-14(2)15(3)11-17(16)20(25)12-19(18)24-22(27)29-23(4,5)6/h10-11,18-20H,7-9,12-13H2,1-6H3,(H,24,27)/t18-,19-,20-/m0/s1. The van der Waals surface area contributed by atoms with Crippen LogP contribution in [0, 0.1) is 19.8 Å². The Morgan fingerprint density at radius 3 is 2.55 bits per heavy atom. The molecule has 1 saturated heterocycles. The Labute approximate surface area is 173 Å². The lowest BCUT2D eigenvalue weighted by atomic mass is 9.79. The summed E-state index contributed by atoms with van der Waals surface area (Å²) in [7, 11) is 0. The lowest BCUT2D eigenvalue weighted by Crippen LogP contribution is -2.56. The third kappa shape index (κ3) is 4.92. The molecule has 0 aliphatic carbocycles. The van der Waals surface area contributed by atoms with Crippen molar-refractivity contribution < 1.29 is 19.1 Å². The zero-order valence-corrected chi connectivity index (χ0v) is 18.5. The molecule has 0 spiro atoms. The smallest absolute Gasteiger partial charge is 0.407 e. The van der Waals surface area contributed by atoms with Crippen molar-refractivity contribution in [1.29, 1.82) is 0 Å². The van der Waals surface area contributed by atoms with Gasteiger partial charge >= 0.3 is 12.1 Å². The summed E-state index contributed by atoms with van der Waals surface area (Å²) >= 11 is 0. The first kappa shape index (κ1) is 21.6. The molecule has 0 aromatic heterocycles. The van der Waals surface area contributed by atoms with E-state index in [0.717, 1.165) is 13.0 Å². The second-order valence-corrected chi connectivity index (χ2v) is 9.24. The van der Waals surface area contributed by atoms with Crippen molar-refractivity contribution in [1.82, 2.24) is 10.2 Å². The van der Waals surface area contributed by atoms with Gasteiger partial charge in [-0.15, -0.1) is 0 Å². The van der Waals surface area contributed by atoms with Crippen LogP contribution in [0.15, 0.2) is 12.1 Å². The number of ether oxygens (including phenoxy) is 2. The second kappa shape index (κ2) is 8.34. The molecule has 2 aliphatic rings. The summed E-state index contributed by atoms with van der Waals surface area (Å²) in [5.41, 5.74) is 4.68. The first-order valence-electron chi connectivity index (χ1n) is 10.6. The Kier molecular flexibility index (Phi) is 6.22. The van der Waals surface area contributed by atoms with Crippen LogP contribution in [0.4, 0.5) is 4.79 Å². The van der Waals surface area contributed by atoms with Gasteiger partial charge < -0.3 is 14.8 Å². The fraction of sp³-hybridized carbons (Fsp3) is 0.652. The number of esters is 1. The van der Waals surface area contributed by atoms with Crippen LogP contribution in [0.2, 0.25) is 0 Å². The van der Waals surface area contributed by atoms with Gasteiger partial charge in [0.05, 0.1) is 12.5 Å². The van der Waals surface area contributed by atoms with Gasteiger partial charge in [-0.2, -0.15) is 0 Å². The minimum absolute atomic E-state index is 0.184. The fourth-order valence-electron chi connectivity index (χ4n) is 4.43. The topological polar surface area (TPSA) is 67.9 Å². The van der Waals surface area contributed by atoms with E-state index in [1.54, 1.807) is 0 Å². The number of hydrogen-bond donors (Lipinski definition) is 1. The Morgan fingerprint density at radius 2 is 1.90 bits per heavy atom. The molecule has 160 valence electrons. The third-order valence-electron chi connectivity index (χ3n) is 5.91. The maximum Gasteiger partial charge on any atom is 0.407 e. The number of rotatable bonds is 3. The highest BCUT2D eigenvalue weighted by Crippen LogP contribution is 2.40. The van der Waals surface area contributed by atoms with Crippen molar-refractivity contribution in [3.8, 4) is 0 Å². The molecule has 1 aromatic rings. The zero-order chi connectivity index (χ0) is 21.3. The average molecular weight is 403 g/mol.